The Morgan fingerprint density at radius 1 is 1.33 bits per heavy atom. The van der Waals surface area contributed by atoms with E-state index in [1.807, 2.05) is 12.1 Å². The Kier molecular flexibility index (Phi) is 3.67. The van der Waals surface area contributed by atoms with Crippen LogP contribution in [0.2, 0.25) is 0 Å². The van der Waals surface area contributed by atoms with Gasteiger partial charge in [0.05, 0.1) is 12.2 Å². The van der Waals surface area contributed by atoms with Crippen LogP contribution in [0.25, 0.3) is 0 Å². The molecule has 1 aromatic heterocycles. The summed E-state index contributed by atoms with van der Waals surface area (Å²) in [7, 11) is 0. The standard InChI is InChI=1S/C14H13FN2O/c1-10-5-6-11(8-13(10)15)14(18)17-9-12-4-2-3-7-16-12/h2-8H,9H2,1H3,(H,17,18). The van der Waals surface area contributed by atoms with Crippen LogP contribution in [0.3, 0.4) is 0 Å². The van der Waals surface area contributed by atoms with Crippen LogP contribution in [0.1, 0.15) is 21.6 Å². The molecule has 2 aromatic rings. The van der Waals surface area contributed by atoms with Crippen LogP contribution in [0.5, 0.6) is 0 Å². The molecule has 0 aliphatic carbocycles. The monoisotopic (exact) mass is 244 g/mol. The molecule has 1 aromatic carbocycles. The second-order valence-corrected chi connectivity index (χ2v) is 3.97. The SMILES string of the molecule is Cc1ccc(C(=O)NCc2ccccn2)cc1F. The van der Waals surface area contributed by atoms with Crippen molar-refractivity contribution in [3.05, 3.63) is 65.2 Å². The average molecular weight is 244 g/mol. The van der Waals surface area contributed by atoms with E-state index in [2.05, 4.69) is 10.3 Å². The molecular weight excluding hydrogens is 231 g/mol. The Bertz CT molecular complexity index is 555. The third-order valence-corrected chi connectivity index (χ3v) is 2.59. The van der Waals surface area contributed by atoms with Crippen LogP contribution in [0.4, 0.5) is 4.39 Å². The van der Waals surface area contributed by atoms with E-state index in [0.717, 1.165) is 5.69 Å². The van der Waals surface area contributed by atoms with Crippen molar-refractivity contribution in [1.29, 1.82) is 0 Å². The zero-order valence-electron chi connectivity index (χ0n) is 9.98. The molecule has 0 fully saturated rings. The summed E-state index contributed by atoms with van der Waals surface area (Å²) in [4.78, 5) is 15.9. The highest BCUT2D eigenvalue weighted by Gasteiger charge is 2.07. The second kappa shape index (κ2) is 5.40. The minimum absolute atomic E-state index is 0.306. The maximum Gasteiger partial charge on any atom is 0.251 e. The van der Waals surface area contributed by atoms with E-state index >= 15 is 0 Å². The molecule has 2 rings (SSSR count). The van der Waals surface area contributed by atoms with E-state index < -0.39 is 0 Å². The van der Waals surface area contributed by atoms with Crippen LogP contribution in [-0.4, -0.2) is 10.9 Å². The van der Waals surface area contributed by atoms with E-state index in [0.29, 0.717) is 17.7 Å². The quantitative estimate of drug-likeness (QED) is 0.901. The number of rotatable bonds is 3. The molecule has 92 valence electrons. The summed E-state index contributed by atoms with van der Waals surface area (Å²) in [6.45, 7) is 1.99. The van der Waals surface area contributed by atoms with Crippen LogP contribution in [-0.2, 0) is 6.54 Å². The first-order valence-electron chi connectivity index (χ1n) is 5.61. The van der Waals surface area contributed by atoms with Crippen molar-refractivity contribution in [2.75, 3.05) is 0 Å². The maximum atomic E-state index is 13.3. The van der Waals surface area contributed by atoms with Crippen LogP contribution < -0.4 is 5.32 Å². The molecule has 0 spiro atoms. The number of carbonyl (C=O) groups is 1. The maximum absolute atomic E-state index is 13.3. The molecule has 0 bridgehead atoms. The average Bonchev–Trinajstić information content (AvgIpc) is 2.40. The highest BCUT2D eigenvalue weighted by Crippen LogP contribution is 2.09. The molecule has 1 amide bonds. The molecule has 18 heavy (non-hydrogen) atoms. The fraction of sp³-hybridized carbons (Fsp3) is 0.143. The number of aromatic nitrogens is 1. The van der Waals surface area contributed by atoms with E-state index in [4.69, 9.17) is 0 Å². The number of nitrogens with one attached hydrogen (secondary N) is 1. The Morgan fingerprint density at radius 2 is 2.17 bits per heavy atom. The van der Waals surface area contributed by atoms with E-state index in [-0.39, 0.29) is 11.7 Å². The lowest BCUT2D eigenvalue weighted by molar-refractivity contribution is 0.0950. The first-order chi connectivity index (χ1) is 8.66. The van der Waals surface area contributed by atoms with Crippen molar-refractivity contribution in [1.82, 2.24) is 10.3 Å². The highest BCUT2D eigenvalue weighted by molar-refractivity contribution is 5.94. The zero-order valence-corrected chi connectivity index (χ0v) is 9.98. The van der Waals surface area contributed by atoms with Crippen LogP contribution >= 0.6 is 0 Å². The number of halogens is 1. The number of aryl methyl sites for hydroxylation is 1. The summed E-state index contributed by atoms with van der Waals surface area (Å²) in [5, 5.41) is 2.69. The van der Waals surface area contributed by atoms with Gasteiger partial charge in [-0.2, -0.15) is 0 Å². The third kappa shape index (κ3) is 2.91. The van der Waals surface area contributed by atoms with E-state index in [1.165, 1.54) is 6.07 Å². The van der Waals surface area contributed by atoms with Crippen molar-refractivity contribution in [2.45, 2.75) is 13.5 Å². The fourth-order valence-corrected chi connectivity index (χ4v) is 1.51. The minimum atomic E-state index is -0.375. The molecule has 1 heterocycles. The molecule has 0 unspecified atom stereocenters. The fourth-order valence-electron chi connectivity index (χ4n) is 1.51. The molecule has 4 heteroatoms. The van der Waals surface area contributed by atoms with Gasteiger partial charge in [0.2, 0.25) is 0 Å². The second-order valence-electron chi connectivity index (χ2n) is 3.97. The molecule has 3 nitrogen and oxygen atoms in total. The van der Waals surface area contributed by atoms with Gasteiger partial charge in [0, 0.05) is 11.8 Å². The Morgan fingerprint density at radius 3 is 2.83 bits per heavy atom. The van der Waals surface area contributed by atoms with Gasteiger partial charge in [0.1, 0.15) is 5.82 Å². The number of hydrogen-bond donors (Lipinski definition) is 1. The van der Waals surface area contributed by atoms with E-state index in [9.17, 15) is 9.18 Å². The Hall–Kier alpha value is -2.23. The predicted molar refractivity (Wildman–Crippen MR) is 66.5 cm³/mol. The van der Waals surface area contributed by atoms with Crippen LogP contribution in [0.15, 0.2) is 42.6 Å². The number of carbonyl (C=O) groups excluding carboxylic acids is 1. The number of nitrogens with zero attached hydrogens (tertiary/aromatic N) is 1. The molecule has 0 aliphatic heterocycles. The third-order valence-electron chi connectivity index (χ3n) is 2.59. The number of benzene rings is 1. The molecule has 0 saturated heterocycles. The lowest BCUT2D eigenvalue weighted by atomic mass is 10.1. The van der Waals surface area contributed by atoms with Crippen molar-refractivity contribution in [3.8, 4) is 0 Å². The minimum Gasteiger partial charge on any atom is -0.346 e. The largest absolute Gasteiger partial charge is 0.346 e. The summed E-state index contributed by atoms with van der Waals surface area (Å²) >= 11 is 0. The first kappa shape index (κ1) is 12.2. The smallest absolute Gasteiger partial charge is 0.251 e. The zero-order chi connectivity index (χ0) is 13.0. The first-order valence-corrected chi connectivity index (χ1v) is 5.61. The van der Waals surface area contributed by atoms with Gasteiger partial charge in [-0.25, -0.2) is 4.39 Å². The summed E-state index contributed by atoms with van der Waals surface area (Å²) in [5.41, 5.74) is 1.60. The lowest BCUT2D eigenvalue weighted by Crippen LogP contribution is -2.23. The molecule has 0 aliphatic rings. The van der Waals surface area contributed by atoms with Gasteiger partial charge < -0.3 is 5.32 Å². The van der Waals surface area contributed by atoms with Crippen molar-refractivity contribution in [2.24, 2.45) is 0 Å². The number of pyridine rings is 1. The van der Waals surface area contributed by atoms with Crippen molar-refractivity contribution in [3.63, 3.8) is 0 Å². The van der Waals surface area contributed by atoms with E-state index in [1.54, 1.807) is 31.3 Å². The predicted octanol–water partition coefficient (Wildman–Crippen LogP) is 2.46. The molecule has 0 radical (unpaired) electrons. The normalized spacial score (nSPS) is 10.1. The van der Waals surface area contributed by atoms with Crippen LogP contribution in [0, 0.1) is 12.7 Å². The van der Waals surface area contributed by atoms with Crippen molar-refractivity contribution >= 4 is 5.91 Å². The summed E-state index contributed by atoms with van der Waals surface area (Å²) in [6, 6.07) is 9.90. The Balaban J connectivity index is 2.02. The van der Waals surface area contributed by atoms with Gasteiger partial charge >= 0.3 is 0 Å². The molecule has 1 N–H and O–H groups in total. The molecular formula is C14H13FN2O. The molecule has 0 saturated carbocycles. The lowest BCUT2D eigenvalue weighted by Gasteiger charge is -2.05. The van der Waals surface area contributed by atoms with Gasteiger partial charge in [-0.3, -0.25) is 9.78 Å². The van der Waals surface area contributed by atoms with Gasteiger partial charge in [-0.1, -0.05) is 12.1 Å². The van der Waals surface area contributed by atoms with Gasteiger partial charge in [-0.15, -0.1) is 0 Å². The Labute approximate surface area is 105 Å². The van der Waals surface area contributed by atoms with Gasteiger partial charge in [-0.05, 0) is 36.8 Å². The molecule has 0 atom stereocenters. The highest BCUT2D eigenvalue weighted by atomic mass is 19.1. The topological polar surface area (TPSA) is 42.0 Å². The van der Waals surface area contributed by atoms with Crippen molar-refractivity contribution < 1.29 is 9.18 Å². The van der Waals surface area contributed by atoms with Gasteiger partial charge in [0.25, 0.3) is 5.91 Å². The summed E-state index contributed by atoms with van der Waals surface area (Å²) in [5.74, 6) is -0.681. The summed E-state index contributed by atoms with van der Waals surface area (Å²) < 4.78 is 13.3. The van der Waals surface area contributed by atoms with Gasteiger partial charge in [0.15, 0.2) is 0 Å². The summed E-state index contributed by atoms with van der Waals surface area (Å²) in [6.07, 6.45) is 1.66. The number of hydrogen-bond acceptors (Lipinski definition) is 2. The number of amides is 1.